The minimum atomic E-state index is -0.986. The number of carbonyl (C=O) groups is 2. The molecule has 1 aromatic rings. The van der Waals surface area contributed by atoms with Crippen LogP contribution in [0.2, 0.25) is 0 Å². The van der Waals surface area contributed by atoms with Crippen molar-refractivity contribution < 1.29 is 19.4 Å². The number of nitrogens with zero attached hydrogens (tertiary/aromatic N) is 2. The largest absolute Gasteiger partial charge is 0.480 e. The summed E-state index contributed by atoms with van der Waals surface area (Å²) in [6.07, 6.45) is 3.10. The Bertz CT molecular complexity index is 375. The zero-order valence-corrected chi connectivity index (χ0v) is 8.84. The van der Waals surface area contributed by atoms with Crippen LogP contribution >= 0.6 is 0 Å². The summed E-state index contributed by atoms with van der Waals surface area (Å²) in [5.74, 6) is -1.18. The van der Waals surface area contributed by atoms with Crippen molar-refractivity contribution in [3.05, 3.63) is 12.4 Å². The maximum atomic E-state index is 11.3. The maximum absolute atomic E-state index is 11.3. The Morgan fingerprint density at radius 1 is 1.62 bits per heavy atom. The van der Waals surface area contributed by atoms with E-state index in [1.54, 1.807) is 0 Å². The van der Waals surface area contributed by atoms with Crippen molar-refractivity contribution in [3.63, 3.8) is 0 Å². The molecule has 0 aromatic carbocycles. The molecule has 1 heterocycles. The van der Waals surface area contributed by atoms with E-state index in [0.717, 1.165) is 0 Å². The minimum absolute atomic E-state index is 0.197. The summed E-state index contributed by atoms with van der Waals surface area (Å²) in [6, 6.07) is 0. The van der Waals surface area contributed by atoms with Crippen molar-refractivity contribution in [2.75, 3.05) is 19.0 Å². The van der Waals surface area contributed by atoms with Crippen LogP contribution in [0, 0.1) is 0 Å². The van der Waals surface area contributed by atoms with Gasteiger partial charge in [-0.2, -0.15) is 5.10 Å². The van der Waals surface area contributed by atoms with Gasteiger partial charge in [0.15, 0.2) is 0 Å². The van der Waals surface area contributed by atoms with Crippen LogP contribution < -0.4 is 5.32 Å². The van der Waals surface area contributed by atoms with Gasteiger partial charge in [-0.15, -0.1) is 0 Å². The Hall–Kier alpha value is -1.89. The number of rotatable bonds is 6. The molecule has 0 aliphatic rings. The van der Waals surface area contributed by atoms with Crippen molar-refractivity contribution in [1.82, 2.24) is 9.78 Å². The molecule has 7 heteroatoms. The van der Waals surface area contributed by atoms with Crippen LogP contribution in [-0.2, 0) is 20.9 Å². The Labute approximate surface area is 92.0 Å². The summed E-state index contributed by atoms with van der Waals surface area (Å²) in [5, 5.41) is 14.9. The molecule has 0 saturated heterocycles. The van der Waals surface area contributed by atoms with E-state index < -0.39 is 5.97 Å². The predicted octanol–water partition coefficient (Wildman–Crippen LogP) is -0.0573. The predicted molar refractivity (Wildman–Crippen MR) is 55.0 cm³/mol. The summed E-state index contributed by atoms with van der Waals surface area (Å²) < 4.78 is 5.98. The Balaban J connectivity index is 2.45. The lowest BCUT2D eigenvalue weighted by molar-refractivity contribution is -0.137. The molecule has 0 spiro atoms. The van der Waals surface area contributed by atoms with E-state index >= 15 is 0 Å². The Morgan fingerprint density at radius 2 is 2.38 bits per heavy atom. The molecule has 0 atom stereocenters. The van der Waals surface area contributed by atoms with E-state index in [0.29, 0.717) is 12.3 Å². The third-order valence-corrected chi connectivity index (χ3v) is 1.75. The molecule has 0 aliphatic carbocycles. The van der Waals surface area contributed by atoms with Gasteiger partial charge in [0.05, 0.1) is 24.9 Å². The summed E-state index contributed by atoms with van der Waals surface area (Å²) in [4.78, 5) is 21.6. The summed E-state index contributed by atoms with van der Waals surface area (Å²) in [6.45, 7) is 0.114. The van der Waals surface area contributed by atoms with Crippen LogP contribution in [0.15, 0.2) is 12.4 Å². The number of hydrogen-bond acceptors (Lipinski definition) is 4. The maximum Gasteiger partial charge on any atom is 0.325 e. The second kappa shape index (κ2) is 5.86. The van der Waals surface area contributed by atoms with Crippen molar-refractivity contribution in [2.24, 2.45) is 0 Å². The van der Waals surface area contributed by atoms with Gasteiger partial charge in [0.2, 0.25) is 5.91 Å². The first kappa shape index (κ1) is 12.2. The zero-order chi connectivity index (χ0) is 12.0. The van der Waals surface area contributed by atoms with Crippen LogP contribution in [0.25, 0.3) is 0 Å². The van der Waals surface area contributed by atoms with Crippen molar-refractivity contribution in [1.29, 1.82) is 0 Å². The van der Waals surface area contributed by atoms with Gasteiger partial charge in [-0.25, -0.2) is 0 Å². The molecular weight excluding hydrogens is 214 g/mol. The van der Waals surface area contributed by atoms with Crippen LogP contribution in [0.3, 0.4) is 0 Å². The SMILES string of the molecule is COCCC(=O)Nc1cnn(CC(=O)O)c1. The lowest BCUT2D eigenvalue weighted by Crippen LogP contribution is -2.13. The highest BCUT2D eigenvalue weighted by Crippen LogP contribution is 2.05. The summed E-state index contributed by atoms with van der Waals surface area (Å²) >= 11 is 0. The molecule has 1 aromatic heterocycles. The molecule has 0 fully saturated rings. The Kier molecular flexibility index (Phi) is 4.46. The topological polar surface area (TPSA) is 93.5 Å². The first-order chi connectivity index (χ1) is 7.61. The molecule has 0 bridgehead atoms. The third-order valence-electron chi connectivity index (χ3n) is 1.75. The van der Waals surface area contributed by atoms with Crippen LogP contribution in [0.5, 0.6) is 0 Å². The number of methoxy groups -OCH3 is 1. The first-order valence-corrected chi connectivity index (χ1v) is 4.65. The smallest absolute Gasteiger partial charge is 0.325 e. The fourth-order valence-electron chi connectivity index (χ4n) is 1.07. The first-order valence-electron chi connectivity index (χ1n) is 4.65. The van der Waals surface area contributed by atoms with E-state index in [2.05, 4.69) is 10.4 Å². The molecule has 0 unspecified atom stereocenters. The number of carbonyl (C=O) groups excluding carboxylic acids is 1. The molecule has 0 radical (unpaired) electrons. The fraction of sp³-hybridized carbons (Fsp3) is 0.444. The molecule has 16 heavy (non-hydrogen) atoms. The van der Waals surface area contributed by atoms with Gasteiger partial charge < -0.3 is 15.2 Å². The summed E-state index contributed by atoms with van der Waals surface area (Å²) in [7, 11) is 1.51. The quantitative estimate of drug-likeness (QED) is 0.710. The van der Waals surface area contributed by atoms with Gasteiger partial charge in [-0.3, -0.25) is 14.3 Å². The van der Waals surface area contributed by atoms with Crippen molar-refractivity contribution in [2.45, 2.75) is 13.0 Å². The van der Waals surface area contributed by atoms with Gasteiger partial charge >= 0.3 is 5.97 Å². The van der Waals surface area contributed by atoms with E-state index in [1.165, 1.54) is 24.2 Å². The third kappa shape index (κ3) is 4.09. The molecule has 88 valence electrons. The van der Waals surface area contributed by atoms with E-state index in [1.807, 2.05) is 0 Å². The van der Waals surface area contributed by atoms with Gasteiger partial charge in [0.25, 0.3) is 0 Å². The monoisotopic (exact) mass is 227 g/mol. The highest BCUT2D eigenvalue weighted by molar-refractivity contribution is 5.90. The van der Waals surface area contributed by atoms with Crippen molar-refractivity contribution >= 4 is 17.6 Å². The van der Waals surface area contributed by atoms with Crippen molar-refractivity contribution in [3.8, 4) is 0 Å². The van der Waals surface area contributed by atoms with Gasteiger partial charge in [-0.1, -0.05) is 0 Å². The highest BCUT2D eigenvalue weighted by atomic mass is 16.5. The fourth-order valence-corrected chi connectivity index (χ4v) is 1.07. The van der Waals surface area contributed by atoms with Gasteiger partial charge in [-0.05, 0) is 0 Å². The molecule has 0 saturated carbocycles. The Morgan fingerprint density at radius 3 is 3.00 bits per heavy atom. The molecule has 1 amide bonds. The van der Waals surface area contributed by atoms with E-state index in [9.17, 15) is 9.59 Å². The van der Waals surface area contributed by atoms with Crippen LogP contribution in [-0.4, -0.2) is 40.5 Å². The number of carboxylic acid groups (broad SMARTS) is 1. The number of ether oxygens (including phenoxy) is 1. The summed E-state index contributed by atoms with van der Waals surface area (Å²) in [5.41, 5.74) is 0.474. The lowest BCUT2D eigenvalue weighted by Gasteiger charge is -2.00. The second-order valence-corrected chi connectivity index (χ2v) is 3.11. The average Bonchev–Trinajstić information content (AvgIpc) is 2.61. The molecule has 7 nitrogen and oxygen atoms in total. The molecule has 2 N–H and O–H groups in total. The average molecular weight is 227 g/mol. The number of carboxylic acids is 1. The number of amides is 1. The number of aliphatic carboxylic acids is 1. The second-order valence-electron chi connectivity index (χ2n) is 3.11. The van der Waals surface area contributed by atoms with E-state index in [-0.39, 0.29) is 18.9 Å². The van der Waals surface area contributed by atoms with Crippen LogP contribution in [0.4, 0.5) is 5.69 Å². The standard InChI is InChI=1S/C9H13N3O4/c1-16-3-2-8(13)11-7-4-10-12(5-7)6-9(14)15/h4-5H,2-3,6H2,1H3,(H,11,13)(H,14,15). The molecule has 1 rings (SSSR count). The molecular formula is C9H13N3O4. The zero-order valence-electron chi connectivity index (χ0n) is 8.84. The minimum Gasteiger partial charge on any atom is -0.480 e. The highest BCUT2D eigenvalue weighted by Gasteiger charge is 2.05. The number of aromatic nitrogens is 2. The van der Waals surface area contributed by atoms with E-state index in [4.69, 9.17) is 9.84 Å². The lowest BCUT2D eigenvalue weighted by atomic mass is 10.4. The molecule has 0 aliphatic heterocycles. The normalized spacial score (nSPS) is 10.1. The van der Waals surface area contributed by atoms with Gasteiger partial charge in [0.1, 0.15) is 6.54 Å². The number of hydrogen-bond donors (Lipinski definition) is 2. The van der Waals surface area contributed by atoms with Crippen LogP contribution in [0.1, 0.15) is 6.42 Å². The number of anilines is 1. The number of nitrogens with one attached hydrogen (secondary N) is 1. The van der Waals surface area contributed by atoms with Gasteiger partial charge in [0, 0.05) is 13.3 Å².